The molecule has 0 radical (unpaired) electrons. The number of nitrogens with one attached hydrogen (secondary N) is 2. The first-order chi connectivity index (χ1) is 13.5. The van der Waals surface area contributed by atoms with Gasteiger partial charge in [-0.25, -0.2) is 0 Å². The fraction of sp³-hybridized carbons (Fsp3) is 0.591. The smallest absolute Gasteiger partial charge is 0.254 e. The van der Waals surface area contributed by atoms with Gasteiger partial charge in [0.1, 0.15) is 6.04 Å². The summed E-state index contributed by atoms with van der Waals surface area (Å²) in [6.45, 7) is 12.2. The number of amides is 3. The topological polar surface area (TPSA) is 87.7 Å². The summed E-state index contributed by atoms with van der Waals surface area (Å²) in [4.78, 5) is 40.0. The number of nitrogens with zero attached hydrogens (tertiary/aromatic N) is 1. The average Bonchev–Trinajstić information content (AvgIpc) is 2.64. The first-order valence-corrected chi connectivity index (χ1v) is 10.2. The van der Waals surface area contributed by atoms with E-state index < -0.39 is 11.5 Å². The van der Waals surface area contributed by atoms with Crippen LogP contribution in [0, 0.1) is 5.41 Å². The van der Waals surface area contributed by atoms with Gasteiger partial charge in [0.15, 0.2) is 0 Å². The maximum Gasteiger partial charge on any atom is 0.254 e. The average molecular weight is 404 g/mol. The SMILES string of the molecule is CC[C@@H](NC(=O)c1ccccc1NC(=O)C(C)(C)C)C(=O)N1C[C@@H](C)O[C@H](C)C1. The third-order valence-electron chi connectivity index (χ3n) is 4.84. The Morgan fingerprint density at radius 2 is 1.72 bits per heavy atom. The fourth-order valence-corrected chi connectivity index (χ4v) is 3.25. The van der Waals surface area contributed by atoms with Crippen molar-refractivity contribution in [2.45, 2.75) is 66.2 Å². The number of carbonyl (C=O) groups is 3. The third-order valence-corrected chi connectivity index (χ3v) is 4.84. The van der Waals surface area contributed by atoms with Gasteiger partial charge >= 0.3 is 0 Å². The second-order valence-electron chi connectivity index (χ2n) is 8.68. The predicted octanol–water partition coefficient (Wildman–Crippen LogP) is 2.82. The minimum atomic E-state index is -0.633. The lowest BCUT2D eigenvalue weighted by Gasteiger charge is -2.37. The van der Waals surface area contributed by atoms with Gasteiger partial charge in [0.2, 0.25) is 11.8 Å². The van der Waals surface area contributed by atoms with Gasteiger partial charge in [0.05, 0.1) is 23.5 Å². The Hall–Kier alpha value is -2.41. The van der Waals surface area contributed by atoms with Crippen molar-refractivity contribution in [2.24, 2.45) is 5.41 Å². The second-order valence-corrected chi connectivity index (χ2v) is 8.68. The molecule has 7 nitrogen and oxygen atoms in total. The number of rotatable bonds is 5. The quantitative estimate of drug-likeness (QED) is 0.791. The minimum absolute atomic E-state index is 0.0377. The Bertz CT molecular complexity index is 747. The standard InChI is InChI=1S/C22H33N3O4/c1-7-17(20(27)25-12-14(2)29-15(3)13-25)23-19(26)16-10-8-9-11-18(16)24-21(28)22(4,5)6/h8-11,14-15,17H,7,12-13H2,1-6H3,(H,23,26)(H,24,28)/t14-,15-,17-/m1/s1. The zero-order valence-electron chi connectivity index (χ0n) is 18.2. The molecule has 1 heterocycles. The predicted molar refractivity (Wildman–Crippen MR) is 113 cm³/mol. The normalized spacial score (nSPS) is 20.7. The molecule has 29 heavy (non-hydrogen) atoms. The number of ether oxygens (including phenoxy) is 1. The summed E-state index contributed by atoms with van der Waals surface area (Å²) in [6, 6.07) is 6.19. The molecule has 160 valence electrons. The summed E-state index contributed by atoms with van der Waals surface area (Å²) in [5.41, 5.74) is 0.177. The monoisotopic (exact) mass is 403 g/mol. The molecule has 0 bridgehead atoms. The number of hydrogen-bond donors (Lipinski definition) is 2. The van der Waals surface area contributed by atoms with Crippen LogP contribution in [0.25, 0.3) is 0 Å². The molecule has 2 rings (SSSR count). The zero-order valence-corrected chi connectivity index (χ0v) is 18.2. The highest BCUT2D eigenvalue weighted by molar-refractivity contribution is 6.05. The Morgan fingerprint density at radius 3 is 2.28 bits per heavy atom. The van der Waals surface area contributed by atoms with Crippen molar-refractivity contribution < 1.29 is 19.1 Å². The van der Waals surface area contributed by atoms with E-state index in [1.807, 2.05) is 20.8 Å². The number of morpholine rings is 1. The van der Waals surface area contributed by atoms with Crippen molar-refractivity contribution in [1.29, 1.82) is 0 Å². The van der Waals surface area contributed by atoms with Gasteiger partial charge in [-0.2, -0.15) is 0 Å². The highest BCUT2D eigenvalue weighted by Crippen LogP contribution is 2.21. The molecule has 0 aromatic heterocycles. The summed E-state index contributed by atoms with van der Waals surface area (Å²) < 4.78 is 5.69. The zero-order chi connectivity index (χ0) is 21.8. The van der Waals surface area contributed by atoms with Gasteiger partial charge in [0.25, 0.3) is 5.91 Å². The molecular formula is C22H33N3O4. The van der Waals surface area contributed by atoms with Crippen LogP contribution in [0.3, 0.4) is 0 Å². The van der Waals surface area contributed by atoms with E-state index >= 15 is 0 Å². The molecular weight excluding hydrogens is 370 g/mol. The molecule has 0 aliphatic carbocycles. The van der Waals surface area contributed by atoms with E-state index in [0.29, 0.717) is 30.8 Å². The maximum absolute atomic E-state index is 13.0. The molecule has 3 amide bonds. The van der Waals surface area contributed by atoms with Crippen molar-refractivity contribution in [3.8, 4) is 0 Å². The number of benzene rings is 1. The summed E-state index contributed by atoms with van der Waals surface area (Å²) >= 11 is 0. The van der Waals surface area contributed by atoms with Crippen LogP contribution in [-0.2, 0) is 14.3 Å². The van der Waals surface area contributed by atoms with Crippen molar-refractivity contribution in [1.82, 2.24) is 10.2 Å². The van der Waals surface area contributed by atoms with Crippen LogP contribution in [-0.4, -0.2) is 54.0 Å². The van der Waals surface area contributed by atoms with E-state index in [4.69, 9.17) is 4.74 Å². The minimum Gasteiger partial charge on any atom is -0.372 e. The van der Waals surface area contributed by atoms with Gasteiger partial charge in [-0.1, -0.05) is 39.8 Å². The van der Waals surface area contributed by atoms with E-state index in [1.165, 1.54) is 0 Å². The van der Waals surface area contributed by atoms with Gasteiger partial charge in [-0.3, -0.25) is 14.4 Å². The van der Waals surface area contributed by atoms with Crippen LogP contribution < -0.4 is 10.6 Å². The maximum atomic E-state index is 13.0. The van der Waals surface area contributed by atoms with Gasteiger partial charge in [0, 0.05) is 18.5 Å². The van der Waals surface area contributed by atoms with Crippen molar-refractivity contribution in [3.05, 3.63) is 29.8 Å². The van der Waals surface area contributed by atoms with Crippen LogP contribution in [0.15, 0.2) is 24.3 Å². The molecule has 0 saturated carbocycles. The van der Waals surface area contributed by atoms with Crippen LogP contribution in [0.2, 0.25) is 0 Å². The van der Waals surface area contributed by atoms with E-state index in [0.717, 1.165) is 0 Å². The number of para-hydroxylation sites is 1. The van der Waals surface area contributed by atoms with Crippen LogP contribution in [0.5, 0.6) is 0 Å². The summed E-state index contributed by atoms with van der Waals surface area (Å²) in [5.74, 6) is -0.680. The number of carbonyl (C=O) groups excluding carboxylic acids is 3. The largest absolute Gasteiger partial charge is 0.372 e. The molecule has 1 fully saturated rings. The van der Waals surface area contributed by atoms with E-state index in [-0.39, 0.29) is 29.9 Å². The first kappa shape index (κ1) is 22.9. The summed E-state index contributed by atoms with van der Waals surface area (Å²) in [6.07, 6.45) is 0.398. The molecule has 1 saturated heterocycles. The molecule has 1 aromatic rings. The molecule has 3 atom stereocenters. The van der Waals surface area contributed by atoms with Gasteiger partial charge in [-0.05, 0) is 32.4 Å². The van der Waals surface area contributed by atoms with E-state index in [9.17, 15) is 14.4 Å². The van der Waals surface area contributed by atoms with E-state index in [2.05, 4.69) is 10.6 Å². The molecule has 0 spiro atoms. The van der Waals surface area contributed by atoms with Gasteiger partial charge < -0.3 is 20.3 Å². The number of anilines is 1. The first-order valence-electron chi connectivity index (χ1n) is 10.2. The van der Waals surface area contributed by atoms with Crippen LogP contribution in [0.1, 0.15) is 58.3 Å². The van der Waals surface area contributed by atoms with E-state index in [1.54, 1.807) is 49.9 Å². The third kappa shape index (κ3) is 6.03. The lowest BCUT2D eigenvalue weighted by molar-refractivity contribution is -0.145. The van der Waals surface area contributed by atoms with Crippen molar-refractivity contribution >= 4 is 23.4 Å². The van der Waals surface area contributed by atoms with Crippen molar-refractivity contribution in [3.63, 3.8) is 0 Å². The van der Waals surface area contributed by atoms with Gasteiger partial charge in [-0.15, -0.1) is 0 Å². The van der Waals surface area contributed by atoms with Crippen LogP contribution in [0.4, 0.5) is 5.69 Å². The summed E-state index contributed by atoms with van der Waals surface area (Å²) in [7, 11) is 0. The van der Waals surface area contributed by atoms with Crippen LogP contribution >= 0.6 is 0 Å². The second kappa shape index (κ2) is 9.39. The van der Waals surface area contributed by atoms with Crippen molar-refractivity contribution in [2.75, 3.05) is 18.4 Å². The Kier molecular flexibility index (Phi) is 7.41. The highest BCUT2D eigenvalue weighted by Gasteiger charge is 2.31. The number of hydrogen-bond acceptors (Lipinski definition) is 4. The molecule has 1 aliphatic rings. The highest BCUT2D eigenvalue weighted by atomic mass is 16.5. The molecule has 7 heteroatoms. The molecule has 1 aliphatic heterocycles. The Morgan fingerprint density at radius 1 is 1.14 bits per heavy atom. The lowest BCUT2D eigenvalue weighted by Crippen LogP contribution is -2.55. The molecule has 1 aromatic carbocycles. The molecule has 0 unspecified atom stereocenters. The lowest BCUT2D eigenvalue weighted by atomic mass is 9.95. The molecule has 2 N–H and O–H groups in total. The Labute approximate surface area is 173 Å². The Balaban J connectivity index is 2.14. The summed E-state index contributed by atoms with van der Waals surface area (Å²) in [5, 5.41) is 5.66. The fourth-order valence-electron chi connectivity index (χ4n) is 3.25.